The third kappa shape index (κ3) is 6.12. The van der Waals surface area contributed by atoms with Crippen LogP contribution in [0.2, 0.25) is 0 Å². The SMILES string of the molecule is CC(C)Oc1ccc(/C(O)=C2/C(=O)C(=O)N(CCCN(C)C)C2c2ccc(C(C)(C)C)cc2)cc1. The summed E-state index contributed by atoms with van der Waals surface area (Å²) in [5, 5.41) is 11.3. The van der Waals surface area contributed by atoms with E-state index in [2.05, 4.69) is 20.8 Å². The van der Waals surface area contributed by atoms with Crippen molar-refractivity contribution in [2.45, 2.75) is 58.6 Å². The molecule has 0 radical (unpaired) electrons. The maximum atomic E-state index is 13.2. The lowest BCUT2D eigenvalue weighted by atomic mass is 9.85. The quantitative estimate of drug-likeness (QED) is 0.323. The molecule has 1 fully saturated rings. The van der Waals surface area contributed by atoms with E-state index in [1.807, 2.05) is 57.1 Å². The number of nitrogens with zero attached hydrogens (tertiary/aromatic N) is 2. The van der Waals surface area contributed by atoms with Crippen molar-refractivity contribution in [1.29, 1.82) is 0 Å². The molecule has 1 aliphatic heterocycles. The summed E-state index contributed by atoms with van der Waals surface area (Å²) in [5.41, 5.74) is 2.55. The fraction of sp³-hybridized carbons (Fsp3) is 0.448. The van der Waals surface area contributed by atoms with Gasteiger partial charge in [0.15, 0.2) is 0 Å². The number of ether oxygens (including phenoxy) is 1. The number of benzene rings is 2. The van der Waals surface area contributed by atoms with E-state index in [0.29, 0.717) is 17.9 Å². The van der Waals surface area contributed by atoms with Crippen LogP contribution < -0.4 is 4.74 Å². The van der Waals surface area contributed by atoms with Crippen LogP contribution in [0, 0.1) is 0 Å². The lowest BCUT2D eigenvalue weighted by molar-refractivity contribution is -0.139. The molecule has 1 amide bonds. The Morgan fingerprint density at radius 2 is 1.63 bits per heavy atom. The Balaban J connectivity index is 2.06. The van der Waals surface area contributed by atoms with Crippen LogP contribution in [0.1, 0.15) is 63.8 Å². The van der Waals surface area contributed by atoms with Gasteiger partial charge in [0, 0.05) is 12.1 Å². The van der Waals surface area contributed by atoms with E-state index in [0.717, 1.165) is 24.1 Å². The topological polar surface area (TPSA) is 70.1 Å². The first-order chi connectivity index (χ1) is 16.4. The first kappa shape index (κ1) is 26.5. The van der Waals surface area contributed by atoms with Gasteiger partial charge >= 0.3 is 0 Å². The number of Topliss-reactive ketones (excluding diaryl/α,β-unsaturated/α-hetero) is 1. The Morgan fingerprint density at radius 3 is 2.14 bits per heavy atom. The third-order valence-corrected chi connectivity index (χ3v) is 6.14. The molecular formula is C29H38N2O4. The van der Waals surface area contributed by atoms with Crippen molar-refractivity contribution in [2.75, 3.05) is 27.2 Å². The van der Waals surface area contributed by atoms with Crippen LogP contribution in [0.4, 0.5) is 0 Å². The van der Waals surface area contributed by atoms with Gasteiger partial charge in [-0.3, -0.25) is 9.59 Å². The monoisotopic (exact) mass is 478 g/mol. The van der Waals surface area contributed by atoms with E-state index in [9.17, 15) is 14.7 Å². The molecule has 0 aromatic heterocycles. The molecule has 0 bridgehead atoms. The van der Waals surface area contributed by atoms with Crippen molar-refractivity contribution in [3.63, 3.8) is 0 Å². The van der Waals surface area contributed by atoms with Crippen LogP contribution in [0.3, 0.4) is 0 Å². The molecular weight excluding hydrogens is 440 g/mol. The highest BCUT2D eigenvalue weighted by atomic mass is 16.5. The Morgan fingerprint density at radius 1 is 1.03 bits per heavy atom. The summed E-state index contributed by atoms with van der Waals surface area (Å²) in [6.45, 7) is 11.5. The summed E-state index contributed by atoms with van der Waals surface area (Å²) < 4.78 is 5.69. The predicted molar refractivity (Wildman–Crippen MR) is 140 cm³/mol. The van der Waals surface area contributed by atoms with E-state index in [4.69, 9.17) is 4.74 Å². The molecule has 1 heterocycles. The molecule has 2 aromatic carbocycles. The van der Waals surface area contributed by atoms with E-state index in [1.165, 1.54) is 0 Å². The Bertz CT molecular complexity index is 1080. The van der Waals surface area contributed by atoms with Gasteiger partial charge in [0.05, 0.1) is 17.7 Å². The maximum Gasteiger partial charge on any atom is 0.295 e. The molecule has 1 atom stereocenters. The first-order valence-corrected chi connectivity index (χ1v) is 12.2. The standard InChI is InChI=1S/C29H38N2O4/c1-19(2)35-23-15-11-21(12-16-23)26(32)24-25(20-9-13-22(14-10-20)29(3,4)5)31(28(34)27(24)33)18-8-17-30(6)7/h9-16,19,25,32H,8,17-18H2,1-7H3/b26-24-. The number of carbonyl (C=O) groups is 2. The Hall–Kier alpha value is -3.12. The molecule has 1 saturated heterocycles. The summed E-state index contributed by atoms with van der Waals surface area (Å²) in [5.74, 6) is -0.718. The van der Waals surface area contributed by atoms with Gasteiger partial charge in [-0.05, 0) is 81.7 Å². The van der Waals surface area contributed by atoms with Crippen LogP contribution in [0.25, 0.3) is 5.76 Å². The molecule has 0 saturated carbocycles. The molecule has 0 aliphatic carbocycles. The van der Waals surface area contributed by atoms with Gasteiger partial charge in [-0.1, -0.05) is 45.0 Å². The fourth-order valence-electron chi connectivity index (χ4n) is 4.30. The minimum absolute atomic E-state index is 0.0220. The van der Waals surface area contributed by atoms with Crippen LogP contribution in [-0.2, 0) is 15.0 Å². The number of hydrogen-bond donors (Lipinski definition) is 1. The number of amides is 1. The molecule has 3 rings (SSSR count). The van der Waals surface area contributed by atoms with Crippen molar-refractivity contribution in [3.05, 3.63) is 70.8 Å². The summed E-state index contributed by atoms with van der Waals surface area (Å²) in [4.78, 5) is 30.0. The van der Waals surface area contributed by atoms with Crippen LogP contribution in [-0.4, -0.2) is 59.9 Å². The van der Waals surface area contributed by atoms with Crippen molar-refractivity contribution < 1.29 is 19.4 Å². The molecule has 1 unspecified atom stereocenters. The van der Waals surface area contributed by atoms with Gasteiger partial charge in [0.25, 0.3) is 11.7 Å². The highest BCUT2D eigenvalue weighted by Crippen LogP contribution is 2.40. The zero-order valence-corrected chi connectivity index (χ0v) is 22.0. The zero-order valence-electron chi connectivity index (χ0n) is 22.0. The Kier molecular flexibility index (Phi) is 8.06. The largest absolute Gasteiger partial charge is 0.507 e. The predicted octanol–water partition coefficient (Wildman–Crippen LogP) is 5.14. The molecule has 188 valence electrons. The number of hydrogen-bond acceptors (Lipinski definition) is 5. The minimum Gasteiger partial charge on any atom is -0.507 e. The third-order valence-electron chi connectivity index (χ3n) is 6.14. The fourth-order valence-corrected chi connectivity index (χ4v) is 4.30. The number of ketones is 1. The normalized spacial score (nSPS) is 18.1. The van der Waals surface area contributed by atoms with Crippen molar-refractivity contribution in [3.8, 4) is 5.75 Å². The summed E-state index contributed by atoms with van der Waals surface area (Å²) in [6.07, 6.45) is 0.746. The number of aliphatic hydroxyl groups excluding tert-OH is 1. The summed E-state index contributed by atoms with van der Waals surface area (Å²) >= 11 is 0. The van der Waals surface area contributed by atoms with Gasteiger partial charge in [-0.25, -0.2) is 0 Å². The van der Waals surface area contributed by atoms with E-state index in [1.54, 1.807) is 29.2 Å². The average molecular weight is 479 g/mol. The Labute approximate surface area is 209 Å². The highest BCUT2D eigenvalue weighted by Gasteiger charge is 2.45. The van der Waals surface area contributed by atoms with Gasteiger partial charge in [0.2, 0.25) is 0 Å². The van der Waals surface area contributed by atoms with Crippen molar-refractivity contribution in [1.82, 2.24) is 9.80 Å². The molecule has 1 N–H and O–H groups in total. The number of carbonyl (C=O) groups excluding carboxylic acids is 2. The summed E-state index contributed by atoms with van der Waals surface area (Å²) in [6, 6.07) is 14.3. The average Bonchev–Trinajstić information content (AvgIpc) is 3.03. The van der Waals surface area contributed by atoms with Gasteiger partial charge in [-0.15, -0.1) is 0 Å². The number of aliphatic hydroxyl groups is 1. The van der Waals surface area contributed by atoms with Gasteiger partial charge in [-0.2, -0.15) is 0 Å². The highest BCUT2D eigenvalue weighted by molar-refractivity contribution is 6.46. The lowest BCUT2D eigenvalue weighted by Gasteiger charge is -2.27. The summed E-state index contributed by atoms with van der Waals surface area (Å²) in [7, 11) is 3.95. The zero-order chi connectivity index (χ0) is 25.9. The molecule has 2 aromatic rings. The molecule has 1 aliphatic rings. The smallest absolute Gasteiger partial charge is 0.295 e. The van der Waals surface area contributed by atoms with Crippen LogP contribution in [0.15, 0.2) is 54.1 Å². The van der Waals surface area contributed by atoms with E-state index in [-0.39, 0.29) is 22.9 Å². The lowest BCUT2D eigenvalue weighted by Crippen LogP contribution is -2.32. The molecule has 35 heavy (non-hydrogen) atoms. The van der Waals surface area contributed by atoms with Gasteiger partial charge in [0.1, 0.15) is 11.5 Å². The number of rotatable bonds is 8. The van der Waals surface area contributed by atoms with E-state index < -0.39 is 17.7 Å². The second kappa shape index (κ2) is 10.6. The maximum absolute atomic E-state index is 13.2. The van der Waals surface area contributed by atoms with Crippen LogP contribution >= 0.6 is 0 Å². The molecule has 6 heteroatoms. The molecule has 0 spiro atoms. The van der Waals surface area contributed by atoms with Crippen molar-refractivity contribution in [2.24, 2.45) is 0 Å². The van der Waals surface area contributed by atoms with Gasteiger partial charge < -0.3 is 19.6 Å². The number of likely N-dealkylation sites (tertiary alicyclic amines) is 1. The van der Waals surface area contributed by atoms with Crippen molar-refractivity contribution >= 4 is 17.4 Å². The van der Waals surface area contributed by atoms with E-state index >= 15 is 0 Å². The second-order valence-corrected chi connectivity index (χ2v) is 10.7. The van der Waals surface area contributed by atoms with Crippen LogP contribution in [0.5, 0.6) is 5.75 Å². The first-order valence-electron chi connectivity index (χ1n) is 12.2. The second-order valence-electron chi connectivity index (χ2n) is 10.7. The molecule has 6 nitrogen and oxygen atoms in total. The minimum atomic E-state index is -0.653.